The third-order valence-corrected chi connectivity index (χ3v) is 4.19. The fourth-order valence-electron chi connectivity index (χ4n) is 2.66. The van der Waals surface area contributed by atoms with Crippen LogP contribution in [0.3, 0.4) is 0 Å². The van der Waals surface area contributed by atoms with Crippen molar-refractivity contribution in [2.75, 3.05) is 12.4 Å². The minimum absolute atomic E-state index is 0.255. The third kappa shape index (κ3) is 5.73. The summed E-state index contributed by atoms with van der Waals surface area (Å²) >= 11 is 0. The van der Waals surface area contributed by atoms with Gasteiger partial charge < -0.3 is 14.8 Å². The van der Waals surface area contributed by atoms with Gasteiger partial charge in [-0.25, -0.2) is 4.79 Å². The summed E-state index contributed by atoms with van der Waals surface area (Å²) in [6.07, 6.45) is -0.650. The largest absolute Gasteiger partial charge is 0.481 e. The summed E-state index contributed by atoms with van der Waals surface area (Å²) in [5.74, 6) is 6.04. The van der Waals surface area contributed by atoms with Crippen LogP contribution in [-0.4, -0.2) is 25.1 Å². The van der Waals surface area contributed by atoms with E-state index in [-0.39, 0.29) is 5.91 Å². The molecule has 0 aromatic heterocycles. The number of carbonyl (C=O) groups excluding carboxylic acids is 2. The summed E-state index contributed by atoms with van der Waals surface area (Å²) in [7, 11) is 1.34. The van der Waals surface area contributed by atoms with Gasteiger partial charge in [-0.2, -0.15) is 0 Å². The molecule has 0 aliphatic rings. The van der Waals surface area contributed by atoms with Gasteiger partial charge in [-0.3, -0.25) is 4.79 Å². The molecule has 5 heteroatoms. The molecule has 0 radical (unpaired) electrons. The van der Waals surface area contributed by atoms with E-state index in [2.05, 4.69) is 17.2 Å². The van der Waals surface area contributed by atoms with Crippen molar-refractivity contribution in [1.82, 2.24) is 0 Å². The fraction of sp³-hybridized carbons (Fsp3) is 0.120. The number of benzene rings is 3. The molecule has 0 saturated heterocycles. The lowest BCUT2D eigenvalue weighted by Crippen LogP contribution is -2.30. The second kappa shape index (κ2) is 9.94. The Labute approximate surface area is 175 Å². The van der Waals surface area contributed by atoms with Gasteiger partial charge in [0, 0.05) is 16.8 Å². The summed E-state index contributed by atoms with van der Waals surface area (Å²) in [5, 5.41) is 2.84. The average molecular weight is 399 g/mol. The predicted molar refractivity (Wildman–Crippen MR) is 115 cm³/mol. The molecule has 1 N–H and O–H groups in total. The maximum Gasteiger partial charge on any atom is 0.337 e. The molecule has 3 aromatic carbocycles. The number of nitrogens with one attached hydrogen (secondary N) is 1. The quantitative estimate of drug-likeness (QED) is 0.514. The molecule has 150 valence electrons. The number of para-hydroxylation sites is 1. The van der Waals surface area contributed by atoms with Crippen LogP contribution in [0.1, 0.15) is 28.4 Å². The molecule has 3 aromatic rings. The van der Waals surface area contributed by atoms with Crippen LogP contribution in [0.5, 0.6) is 5.75 Å². The number of methoxy groups -OCH3 is 1. The Hall–Kier alpha value is -4.04. The normalized spacial score (nSPS) is 10.9. The van der Waals surface area contributed by atoms with Crippen molar-refractivity contribution >= 4 is 17.6 Å². The SMILES string of the molecule is COC(=O)c1cccc(C#Cc2cccc(NC(=O)[C@H](C)Oc3ccccc3)c2)c1. The summed E-state index contributed by atoms with van der Waals surface area (Å²) in [6, 6.07) is 23.3. The lowest BCUT2D eigenvalue weighted by molar-refractivity contribution is -0.122. The van der Waals surface area contributed by atoms with E-state index in [1.807, 2.05) is 36.4 Å². The van der Waals surface area contributed by atoms with E-state index in [1.165, 1.54) is 7.11 Å². The van der Waals surface area contributed by atoms with E-state index in [4.69, 9.17) is 9.47 Å². The molecule has 0 aliphatic heterocycles. The second-order valence-corrected chi connectivity index (χ2v) is 6.47. The number of hydrogen-bond donors (Lipinski definition) is 1. The van der Waals surface area contributed by atoms with Crippen molar-refractivity contribution in [3.05, 3.63) is 95.6 Å². The van der Waals surface area contributed by atoms with E-state index in [0.29, 0.717) is 22.6 Å². The van der Waals surface area contributed by atoms with Crippen LogP contribution < -0.4 is 10.1 Å². The number of carbonyl (C=O) groups is 2. The van der Waals surface area contributed by atoms with Gasteiger partial charge in [-0.1, -0.05) is 42.2 Å². The zero-order valence-electron chi connectivity index (χ0n) is 16.7. The van der Waals surface area contributed by atoms with Gasteiger partial charge in [-0.05, 0) is 55.5 Å². The summed E-state index contributed by atoms with van der Waals surface area (Å²) in [5.41, 5.74) is 2.49. The Morgan fingerprint density at radius 3 is 2.23 bits per heavy atom. The van der Waals surface area contributed by atoms with Crippen LogP contribution in [0.25, 0.3) is 0 Å². The van der Waals surface area contributed by atoms with Crippen molar-refractivity contribution in [3.8, 4) is 17.6 Å². The highest BCUT2D eigenvalue weighted by atomic mass is 16.5. The number of hydrogen-bond acceptors (Lipinski definition) is 4. The summed E-state index contributed by atoms with van der Waals surface area (Å²) in [4.78, 5) is 24.1. The number of rotatable bonds is 5. The number of esters is 1. The minimum atomic E-state index is -0.650. The van der Waals surface area contributed by atoms with Crippen LogP contribution in [0.4, 0.5) is 5.69 Å². The first-order valence-corrected chi connectivity index (χ1v) is 9.38. The van der Waals surface area contributed by atoms with Crippen LogP contribution in [0, 0.1) is 11.8 Å². The van der Waals surface area contributed by atoms with Gasteiger partial charge in [0.2, 0.25) is 0 Å². The number of ether oxygens (including phenoxy) is 2. The zero-order chi connectivity index (χ0) is 21.3. The summed E-state index contributed by atoms with van der Waals surface area (Å²) in [6.45, 7) is 1.69. The maximum absolute atomic E-state index is 12.4. The first-order valence-electron chi connectivity index (χ1n) is 9.38. The van der Waals surface area contributed by atoms with Crippen LogP contribution >= 0.6 is 0 Å². The van der Waals surface area contributed by atoms with Crippen LogP contribution in [0.15, 0.2) is 78.9 Å². The van der Waals surface area contributed by atoms with Crippen molar-refractivity contribution in [2.45, 2.75) is 13.0 Å². The van der Waals surface area contributed by atoms with Gasteiger partial charge in [-0.15, -0.1) is 0 Å². The Balaban J connectivity index is 1.67. The molecule has 0 saturated carbocycles. The zero-order valence-corrected chi connectivity index (χ0v) is 16.7. The molecule has 0 heterocycles. The lowest BCUT2D eigenvalue weighted by atomic mass is 10.1. The van der Waals surface area contributed by atoms with Gasteiger partial charge in [0.1, 0.15) is 5.75 Å². The topological polar surface area (TPSA) is 64.6 Å². The Kier molecular flexibility index (Phi) is 6.86. The molecule has 1 atom stereocenters. The Bertz CT molecular complexity index is 1100. The molecule has 30 heavy (non-hydrogen) atoms. The van der Waals surface area contributed by atoms with Crippen molar-refractivity contribution < 1.29 is 19.1 Å². The van der Waals surface area contributed by atoms with E-state index >= 15 is 0 Å². The fourth-order valence-corrected chi connectivity index (χ4v) is 2.66. The number of amides is 1. The second-order valence-electron chi connectivity index (χ2n) is 6.47. The highest BCUT2D eigenvalue weighted by Gasteiger charge is 2.14. The van der Waals surface area contributed by atoms with E-state index in [9.17, 15) is 9.59 Å². The molecule has 0 aliphatic carbocycles. The Morgan fingerprint density at radius 1 is 0.867 bits per heavy atom. The summed E-state index contributed by atoms with van der Waals surface area (Å²) < 4.78 is 10.4. The Morgan fingerprint density at radius 2 is 1.53 bits per heavy atom. The highest BCUT2D eigenvalue weighted by molar-refractivity contribution is 5.94. The molecule has 0 spiro atoms. The molecular formula is C25H21NO4. The monoisotopic (exact) mass is 399 g/mol. The molecule has 0 bridgehead atoms. The molecule has 0 unspecified atom stereocenters. The molecule has 5 nitrogen and oxygen atoms in total. The van der Waals surface area contributed by atoms with Gasteiger partial charge in [0.05, 0.1) is 12.7 Å². The van der Waals surface area contributed by atoms with Gasteiger partial charge in [0.25, 0.3) is 5.91 Å². The van der Waals surface area contributed by atoms with Crippen LogP contribution in [-0.2, 0) is 9.53 Å². The molecule has 3 rings (SSSR count). The average Bonchev–Trinajstić information content (AvgIpc) is 2.78. The number of anilines is 1. The van der Waals surface area contributed by atoms with Crippen LogP contribution in [0.2, 0.25) is 0 Å². The van der Waals surface area contributed by atoms with E-state index < -0.39 is 12.1 Å². The van der Waals surface area contributed by atoms with Gasteiger partial charge in [0.15, 0.2) is 6.10 Å². The maximum atomic E-state index is 12.4. The minimum Gasteiger partial charge on any atom is -0.481 e. The standard InChI is InChI=1S/C25H21NO4/c1-18(30-23-12-4-3-5-13-23)24(27)26-22-11-7-9-20(17-22)15-14-19-8-6-10-21(16-19)25(28)29-2/h3-13,16-18H,1-2H3,(H,26,27)/t18-/m0/s1. The third-order valence-electron chi connectivity index (χ3n) is 4.19. The highest BCUT2D eigenvalue weighted by Crippen LogP contribution is 2.14. The van der Waals surface area contributed by atoms with Crippen molar-refractivity contribution in [3.63, 3.8) is 0 Å². The molecule has 0 fully saturated rings. The van der Waals surface area contributed by atoms with Crippen molar-refractivity contribution in [1.29, 1.82) is 0 Å². The first kappa shape index (κ1) is 20.7. The van der Waals surface area contributed by atoms with Crippen molar-refractivity contribution in [2.24, 2.45) is 0 Å². The molecular weight excluding hydrogens is 378 g/mol. The van der Waals surface area contributed by atoms with Gasteiger partial charge >= 0.3 is 5.97 Å². The van der Waals surface area contributed by atoms with E-state index in [0.717, 1.165) is 5.56 Å². The molecule has 1 amide bonds. The predicted octanol–water partition coefficient (Wildman–Crippen LogP) is 4.28. The van der Waals surface area contributed by atoms with E-state index in [1.54, 1.807) is 49.4 Å². The smallest absolute Gasteiger partial charge is 0.337 e. The first-order chi connectivity index (χ1) is 14.5. The lowest BCUT2D eigenvalue weighted by Gasteiger charge is -2.14.